The van der Waals surface area contributed by atoms with Crippen molar-refractivity contribution in [2.24, 2.45) is 5.41 Å². The van der Waals surface area contributed by atoms with Crippen molar-refractivity contribution in [1.29, 1.82) is 0 Å². The van der Waals surface area contributed by atoms with E-state index in [4.69, 9.17) is 4.74 Å². The number of pyridine rings is 1. The van der Waals surface area contributed by atoms with E-state index in [0.29, 0.717) is 23.1 Å². The standard InChI is InChI=1S/C27H36F2N2O3S/c1-34-19-6-7-24-21(16-19)26(23(29)18-30-24)22(28)8-9-27(17-25(32)33)10-12-31(13-11-27)14-15-35-20-4-2-3-5-20/h6-7,16,18,20,22H,2-5,8-15,17H2,1H3,(H,32,33)/t22-/m1/s1. The van der Waals surface area contributed by atoms with Gasteiger partial charge in [-0.1, -0.05) is 12.8 Å². The molecule has 0 radical (unpaired) electrons. The number of alkyl halides is 1. The van der Waals surface area contributed by atoms with Crippen molar-refractivity contribution in [2.45, 2.75) is 69.2 Å². The third-order valence-electron chi connectivity index (χ3n) is 7.82. The Bertz CT molecular complexity index is 1010. The molecule has 192 valence electrons. The van der Waals surface area contributed by atoms with Crippen molar-refractivity contribution in [3.8, 4) is 5.75 Å². The molecule has 0 bridgehead atoms. The van der Waals surface area contributed by atoms with E-state index in [1.807, 2.05) is 0 Å². The number of carbonyl (C=O) groups is 1. The number of thioether (sulfide) groups is 1. The van der Waals surface area contributed by atoms with Crippen LogP contribution in [0.2, 0.25) is 0 Å². The summed E-state index contributed by atoms with van der Waals surface area (Å²) in [5.41, 5.74) is 0.0389. The van der Waals surface area contributed by atoms with E-state index >= 15 is 4.39 Å². The molecule has 2 aliphatic rings. The lowest BCUT2D eigenvalue weighted by Crippen LogP contribution is -2.42. The Hall–Kier alpha value is -1.93. The van der Waals surface area contributed by atoms with E-state index in [0.717, 1.165) is 49.7 Å². The van der Waals surface area contributed by atoms with Crippen LogP contribution in [0.3, 0.4) is 0 Å². The summed E-state index contributed by atoms with van der Waals surface area (Å²) in [5.74, 6) is 0.0938. The van der Waals surface area contributed by atoms with Gasteiger partial charge >= 0.3 is 5.97 Å². The summed E-state index contributed by atoms with van der Waals surface area (Å²) in [4.78, 5) is 18.2. The highest BCUT2D eigenvalue weighted by atomic mass is 32.2. The molecule has 1 N–H and O–H groups in total. The minimum Gasteiger partial charge on any atom is -0.497 e. The third kappa shape index (κ3) is 6.64. The number of halogens is 2. The second-order valence-corrected chi connectivity index (χ2v) is 11.5. The number of benzene rings is 1. The first-order chi connectivity index (χ1) is 16.9. The molecular formula is C27H36F2N2O3S. The molecule has 0 amide bonds. The lowest BCUT2D eigenvalue weighted by atomic mass is 9.71. The van der Waals surface area contributed by atoms with Gasteiger partial charge in [-0.3, -0.25) is 9.78 Å². The van der Waals surface area contributed by atoms with Crippen LogP contribution in [-0.4, -0.2) is 58.7 Å². The SMILES string of the molecule is COc1ccc2ncc(F)c([C@H](F)CCC3(CC(=O)O)CCN(CCSC4CCCC4)CC3)c2c1. The monoisotopic (exact) mass is 506 g/mol. The molecule has 1 saturated heterocycles. The van der Waals surface area contributed by atoms with Crippen molar-refractivity contribution in [3.05, 3.63) is 35.8 Å². The highest BCUT2D eigenvalue weighted by molar-refractivity contribution is 7.99. The fourth-order valence-electron chi connectivity index (χ4n) is 5.68. The third-order valence-corrected chi connectivity index (χ3v) is 9.18. The molecule has 0 spiro atoms. The number of hydrogen-bond donors (Lipinski definition) is 1. The summed E-state index contributed by atoms with van der Waals surface area (Å²) < 4.78 is 35.5. The number of rotatable bonds is 11. The Balaban J connectivity index is 1.39. The van der Waals surface area contributed by atoms with Crippen LogP contribution >= 0.6 is 11.8 Å². The average molecular weight is 507 g/mol. The average Bonchev–Trinajstić information content (AvgIpc) is 3.36. The van der Waals surface area contributed by atoms with Gasteiger partial charge in [0.15, 0.2) is 0 Å². The quantitative estimate of drug-likeness (QED) is 0.380. The maximum atomic E-state index is 15.5. The molecule has 0 unspecified atom stereocenters. The van der Waals surface area contributed by atoms with Gasteiger partial charge in [-0.15, -0.1) is 0 Å². The smallest absolute Gasteiger partial charge is 0.303 e. The molecule has 35 heavy (non-hydrogen) atoms. The van der Waals surface area contributed by atoms with Crippen LogP contribution in [0.15, 0.2) is 24.4 Å². The molecule has 8 heteroatoms. The first-order valence-electron chi connectivity index (χ1n) is 12.7. The molecule has 2 aromatic rings. The highest BCUT2D eigenvalue weighted by Crippen LogP contribution is 2.43. The van der Waals surface area contributed by atoms with Gasteiger partial charge in [-0.2, -0.15) is 11.8 Å². The van der Waals surface area contributed by atoms with Gasteiger partial charge in [0.1, 0.15) is 17.7 Å². The largest absolute Gasteiger partial charge is 0.497 e. The molecule has 4 rings (SSSR count). The minimum atomic E-state index is -1.54. The Kier molecular flexibility index (Phi) is 8.87. The molecule has 1 aliphatic carbocycles. The van der Waals surface area contributed by atoms with E-state index in [9.17, 15) is 14.3 Å². The van der Waals surface area contributed by atoms with Crippen LogP contribution in [-0.2, 0) is 4.79 Å². The van der Waals surface area contributed by atoms with E-state index in [-0.39, 0.29) is 18.4 Å². The Morgan fingerprint density at radius 2 is 2.06 bits per heavy atom. The maximum Gasteiger partial charge on any atom is 0.303 e. The Morgan fingerprint density at radius 3 is 2.74 bits per heavy atom. The van der Waals surface area contributed by atoms with E-state index < -0.39 is 23.4 Å². The van der Waals surface area contributed by atoms with Crippen molar-refractivity contribution in [1.82, 2.24) is 9.88 Å². The molecule has 1 aromatic carbocycles. The van der Waals surface area contributed by atoms with Gasteiger partial charge < -0.3 is 14.7 Å². The molecular weight excluding hydrogens is 470 g/mol. The van der Waals surface area contributed by atoms with Crippen LogP contribution in [0.25, 0.3) is 10.9 Å². The van der Waals surface area contributed by atoms with Crippen molar-refractivity contribution in [2.75, 3.05) is 32.5 Å². The first-order valence-corrected chi connectivity index (χ1v) is 13.8. The van der Waals surface area contributed by atoms with Crippen LogP contribution < -0.4 is 4.74 Å². The number of carboxylic acids is 1. The van der Waals surface area contributed by atoms with Crippen LogP contribution in [0, 0.1) is 11.2 Å². The van der Waals surface area contributed by atoms with Crippen LogP contribution in [0.4, 0.5) is 8.78 Å². The summed E-state index contributed by atoms with van der Waals surface area (Å²) in [6.45, 7) is 2.69. The molecule has 5 nitrogen and oxygen atoms in total. The topological polar surface area (TPSA) is 62.7 Å². The molecule has 2 heterocycles. The molecule has 2 fully saturated rings. The van der Waals surface area contributed by atoms with Crippen LogP contribution in [0.5, 0.6) is 5.75 Å². The molecule has 1 aliphatic heterocycles. The molecule has 1 atom stereocenters. The van der Waals surface area contributed by atoms with Crippen molar-refractivity contribution >= 4 is 28.6 Å². The summed E-state index contributed by atoms with van der Waals surface area (Å²) in [6.07, 6.45) is 6.86. The maximum absolute atomic E-state index is 15.5. The predicted molar refractivity (Wildman–Crippen MR) is 136 cm³/mol. The highest BCUT2D eigenvalue weighted by Gasteiger charge is 2.37. The molecule has 1 saturated carbocycles. The van der Waals surface area contributed by atoms with E-state index in [2.05, 4.69) is 21.6 Å². The number of nitrogens with zero attached hydrogens (tertiary/aromatic N) is 2. The van der Waals surface area contributed by atoms with Crippen molar-refractivity contribution < 1.29 is 23.4 Å². The Morgan fingerprint density at radius 1 is 1.31 bits per heavy atom. The Labute approximate surface area is 210 Å². The van der Waals surface area contributed by atoms with Crippen molar-refractivity contribution in [3.63, 3.8) is 0 Å². The van der Waals surface area contributed by atoms with E-state index in [1.54, 1.807) is 18.2 Å². The number of hydrogen-bond acceptors (Lipinski definition) is 5. The van der Waals surface area contributed by atoms with Gasteiger partial charge in [0.2, 0.25) is 0 Å². The second kappa shape index (κ2) is 11.9. The lowest BCUT2D eigenvalue weighted by molar-refractivity contribution is -0.141. The number of ether oxygens (including phenoxy) is 1. The van der Waals surface area contributed by atoms with Gasteiger partial charge in [0.25, 0.3) is 0 Å². The fourth-order valence-corrected chi connectivity index (χ4v) is 7.04. The number of aliphatic carboxylic acids is 1. The normalized spacial score (nSPS) is 19.7. The fraction of sp³-hybridized carbons (Fsp3) is 0.630. The van der Waals surface area contributed by atoms with Gasteiger partial charge in [-0.05, 0) is 75.2 Å². The van der Waals surface area contributed by atoms with E-state index in [1.165, 1.54) is 32.8 Å². The number of piperidine rings is 1. The number of aromatic nitrogens is 1. The summed E-state index contributed by atoms with van der Waals surface area (Å²) in [5, 5.41) is 10.8. The number of likely N-dealkylation sites (tertiary alicyclic amines) is 1. The summed E-state index contributed by atoms with van der Waals surface area (Å²) in [7, 11) is 1.51. The summed E-state index contributed by atoms with van der Waals surface area (Å²) in [6, 6.07) is 5.02. The number of fused-ring (bicyclic) bond motifs is 1. The van der Waals surface area contributed by atoms with Crippen LogP contribution in [0.1, 0.15) is 69.5 Å². The lowest BCUT2D eigenvalue weighted by Gasteiger charge is -2.41. The van der Waals surface area contributed by atoms with Gasteiger partial charge in [0.05, 0.1) is 25.2 Å². The zero-order valence-corrected chi connectivity index (χ0v) is 21.3. The molecule has 1 aromatic heterocycles. The number of methoxy groups -OCH3 is 1. The predicted octanol–water partition coefficient (Wildman–Crippen LogP) is 6.41. The van der Waals surface area contributed by atoms with Gasteiger partial charge in [0, 0.05) is 28.5 Å². The second-order valence-electron chi connectivity index (χ2n) is 10.1. The zero-order valence-electron chi connectivity index (χ0n) is 20.5. The van der Waals surface area contributed by atoms with Gasteiger partial charge in [-0.25, -0.2) is 8.78 Å². The summed E-state index contributed by atoms with van der Waals surface area (Å²) >= 11 is 2.07. The first kappa shape index (κ1) is 26.1. The zero-order chi connectivity index (χ0) is 24.8. The number of carboxylic acid groups (broad SMARTS) is 1. The minimum absolute atomic E-state index is 0.0132.